The highest BCUT2D eigenvalue weighted by Gasteiger charge is 2.21. The summed E-state index contributed by atoms with van der Waals surface area (Å²) in [6.45, 7) is 6.24. The van der Waals surface area contributed by atoms with Gasteiger partial charge in [-0.25, -0.2) is 8.42 Å². The Kier molecular flexibility index (Phi) is 4.37. The van der Waals surface area contributed by atoms with Crippen molar-refractivity contribution in [3.8, 4) is 0 Å². The monoisotopic (exact) mass is 303 g/mol. The molecule has 0 N–H and O–H groups in total. The molecule has 0 radical (unpaired) electrons. The molecule has 0 heterocycles. The van der Waals surface area contributed by atoms with Gasteiger partial charge in [0, 0.05) is 0 Å². The van der Waals surface area contributed by atoms with Crippen LogP contribution in [0.4, 0.5) is 5.69 Å². The van der Waals surface area contributed by atoms with E-state index in [1.807, 2.05) is 63.2 Å². The number of hydrogen-bond acceptors (Lipinski definition) is 2. The van der Waals surface area contributed by atoms with Crippen molar-refractivity contribution in [1.82, 2.24) is 0 Å². The van der Waals surface area contributed by atoms with Gasteiger partial charge in [-0.15, -0.1) is 0 Å². The van der Waals surface area contributed by atoms with Crippen molar-refractivity contribution in [2.24, 2.45) is 0 Å². The third-order valence-corrected chi connectivity index (χ3v) is 4.61. The van der Waals surface area contributed by atoms with E-state index in [2.05, 4.69) is 0 Å². The molecule has 0 saturated carbocycles. The summed E-state index contributed by atoms with van der Waals surface area (Å²) in [5.41, 5.74) is 4.83. The van der Waals surface area contributed by atoms with Crippen LogP contribution in [-0.4, -0.2) is 14.7 Å². The number of anilines is 1. The number of hydrogen-bond donors (Lipinski definition) is 0. The van der Waals surface area contributed by atoms with Crippen molar-refractivity contribution in [1.29, 1.82) is 0 Å². The van der Waals surface area contributed by atoms with Gasteiger partial charge < -0.3 is 0 Å². The molecule has 0 aliphatic heterocycles. The zero-order valence-corrected chi connectivity index (χ0v) is 13.7. The van der Waals surface area contributed by atoms with E-state index in [-0.39, 0.29) is 0 Å². The van der Waals surface area contributed by atoms with Gasteiger partial charge in [0.2, 0.25) is 10.0 Å². The number of rotatable bonds is 4. The van der Waals surface area contributed by atoms with Gasteiger partial charge in [-0.3, -0.25) is 4.31 Å². The average Bonchev–Trinajstić information content (AvgIpc) is 2.36. The molecule has 21 heavy (non-hydrogen) atoms. The van der Waals surface area contributed by atoms with E-state index in [1.54, 1.807) is 0 Å². The lowest BCUT2D eigenvalue weighted by atomic mass is 10.1. The lowest BCUT2D eigenvalue weighted by Gasteiger charge is -2.26. The number of para-hydroxylation sites is 1. The zero-order valence-electron chi connectivity index (χ0n) is 12.9. The van der Waals surface area contributed by atoms with Crippen LogP contribution < -0.4 is 4.31 Å². The smallest absolute Gasteiger partial charge is 0.232 e. The average molecular weight is 303 g/mol. The lowest BCUT2D eigenvalue weighted by Crippen LogP contribution is -2.30. The van der Waals surface area contributed by atoms with E-state index in [0.29, 0.717) is 6.54 Å². The minimum atomic E-state index is -3.34. The molecular weight excluding hydrogens is 282 g/mol. The molecular formula is C17H21NO2S. The van der Waals surface area contributed by atoms with E-state index >= 15 is 0 Å². The largest absolute Gasteiger partial charge is 0.266 e. The normalized spacial score (nSPS) is 11.4. The van der Waals surface area contributed by atoms with Crippen LogP contribution in [0, 0.1) is 20.8 Å². The molecule has 4 heteroatoms. The van der Waals surface area contributed by atoms with Crippen molar-refractivity contribution in [3.63, 3.8) is 0 Å². The first-order chi connectivity index (χ1) is 9.79. The van der Waals surface area contributed by atoms with Crippen molar-refractivity contribution < 1.29 is 8.42 Å². The zero-order chi connectivity index (χ0) is 15.6. The Morgan fingerprint density at radius 2 is 1.52 bits per heavy atom. The summed E-state index contributed by atoms with van der Waals surface area (Å²) in [6.07, 6.45) is 1.26. The summed E-state index contributed by atoms with van der Waals surface area (Å²) in [5, 5.41) is 0. The maximum atomic E-state index is 12.3. The minimum absolute atomic E-state index is 0.353. The van der Waals surface area contributed by atoms with Crippen LogP contribution in [0.2, 0.25) is 0 Å². The van der Waals surface area contributed by atoms with Crippen molar-refractivity contribution in [3.05, 3.63) is 64.7 Å². The van der Waals surface area contributed by atoms with Gasteiger partial charge in [-0.1, -0.05) is 48.0 Å². The molecule has 0 fully saturated rings. The Bertz CT molecular complexity index is 731. The second-order valence-electron chi connectivity index (χ2n) is 5.50. The first-order valence-corrected chi connectivity index (χ1v) is 8.73. The van der Waals surface area contributed by atoms with E-state index in [9.17, 15) is 8.42 Å². The fourth-order valence-corrected chi connectivity index (χ4v) is 3.54. The second-order valence-corrected chi connectivity index (χ2v) is 7.41. The van der Waals surface area contributed by atoms with E-state index in [0.717, 1.165) is 27.9 Å². The molecule has 0 bridgehead atoms. The van der Waals surface area contributed by atoms with Gasteiger partial charge in [0.1, 0.15) is 0 Å². The summed E-state index contributed by atoms with van der Waals surface area (Å²) in [5.74, 6) is 0. The molecule has 0 amide bonds. The van der Waals surface area contributed by atoms with Crippen LogP contribution in [0.25, 0.3) is 0 Å². The Balaban J connectivity index is 2.51. The highest BCUT2D eigenvalue weighted by molar-refractivity contribution is 7.92. The third-order valence-electron chi connectivity index (χ3n) is 3.50. The topological polar surface area (TPSA) is 37.4 Å². The molecule has 0 unspecified atom stereocenters. The highest BCUT2D eigenvalue weighted by atomic mass is 32.2. The molecule has 0 atom stereocenters. The molecule has 2 rings (SSSR count). The van der Waals surface area contributed by atoms with Crippen LogP contribution >= 0.6 is 0 Å². The van der Waals surface area contributed by atoms with Crippen molar-refractivity contribution >= 4 is 15.7 Å². The van der Waals surface area contributed by atoms with Crippen LogP contribution in [0.15, 0.2) is 42.5 Å². The maximum Gasteiger partial charge on any atom is 0.232 e. The molecule has 0 aliphatic rings. The van der Waals surface area contributed by atoms with Crippen LogP contribution in [0.5, 0.6) is 0 Å². The fraction of sp³-hybridized carbons (Fsp3) is 0.294. The Labute approximate surface area is 127 Å². The molecule has 0 aliphatic carbocycles. The van der Waals surface area contributed by atoms with Crippen molar-refractivity contribution in [2.75, 3.05) is 10.6 Å². The quantitative estimate of drug-likeness (QED) is 0.866. The first kappa shape index (κ1) is 15.6. The molecule has 0 saturated heterocycles. The molecule has 2 aromatic carbocycles. The molecule has 3 nitrogen and oxygen atoms in total. The first-order valence-electron chi connectivity index (χ1n) is 6.88. The maximum absolute atomic E-state index is 12.3. The number of sulfonamides is 1. The van der Waals surface area contributed by atoms with E-state index < -0.39 is 10.0 Å². The fourth-order valence-electron chi connectivity index (χ4n) is 2.54. The van der Waals surface area contributed by atoms with Gasteiger partial charge in [0.05, 0.1) is 18.5 Å². The third kappa shape index (κ3) is 3.64. The summed E-state index contributed by atoms with van der Waals surface area (Å²) in [6, 6.07) is 13.8. The number of benzene rings is 2. The number of aryl methyl sites for hydroxylation is 3. The van der Waals surface area contributed by atoms with E-state index in [4.69, 9.17) is 0 Å². The summed E-state index contributed by atoms with van der Waals surface area (Å²) in [4.78, 5) is 0. The second kappa shape index (κ2) is 5.90. The molecule has 2 aromatic rings. The van der Waals surface area contributed by atoms with Gasteiger partial charge in [-0.05, 0) is 37.5 Å². The van der Waals surface area contributed by atoms with Crippen molar-refractivity contribution in [2.45, 2.75) is 27.3 Å². The van der Waals surface area contributed by atoms with Gasteiger partial charge >= 0.3 is 0 Å². The standard InChI is InChI=1S/C17H21NO2S/c1-13-7-5-10-16(11-13)12-18(21(4,19)20)17-14(2)8-6-9-15(17)3/h5-11H,12H2,1-4H3. The van der Waals surface area contributed by atoms with Crippen LogP contribution in [0.1, 0.15) is 22.3 Å². The Hall–Kier alpha value is -1.81. The van der Waals surface area contributed by atoms with Gasteiger partial charge in [0.25, 0.3) is 0 Å². The lowest BCUT2D eigenvalue weighted by molar-refractivity contribution is 0.596. The van der Waals surface area contributed by atoms with Gasteiger partial charge in [0.15, 0.2) is 0 Å². The summed E-state index contributed by atoms with van der Waals surface area (Å²) in [7, 11) is -3.34. The molecule has 0 aromatic heterocycles. The molecule has 0 spiro atoms. The van der Waals surface area contributed by atoms with Gasteiger partial charge in [-0.2, -0.15) is 0 Å². The van der Waals surface area contributed by atoms with E-state index in [1.165, 1.54) is 10.6 Å². The summed E-state index contributed by atoms with van der Waals surface area (Å²) < 4.78 is 26.0. The highest BCUT2D eigenvalue weighted by Crippen LogP contribution is 2.28. The predicted octanol–water partition coefficient (Wildman–Crippen LogP) is 3.58. The summed E-state index contributed by atoms with van der Waals surface area (Å²) >= 11 is 0. The SMILES string of the molecule is Cc1cccc(CN(c2c(C)cccc2C)S(C)(=O)=O)c1. The van der Waals surface area contributed by atoms with Crippen LogP contribution in [0.3, 0.4) is 0 Å². The Morgan fingerprint density at radius 3 is 2.05 bits per heavy atom. The number of nitrogens with zero attached hydrogens (tertiary/aromatic N) is 1. The minimum Gasteiger partial charge on any atom is -0.266 e. The Morgan fingerprint density at radius 1 is 0.952 bits per heavy atom. The molecule has 112 valence electrons. The predicted molar refractivity (Wildman–Crippen MR) is 88.1 cm³/mol. The van der Waals surface area contributed by atoms with Crippen LogP contribution in [-0.2, 0) is 16.6 Å².